The van der Waals surface area contributed by atoms with E-state index < -0.39 is 5.97 Å². The van der Waals surface area contributed by atoms with Crippen molar-refractivity contribution in [2.24, 2.45) is 0 Å². The van der Waals surface area contributed by atoms with Crippen molar-refractivity contribution in [1.82, 2.24) is 0 Å². The normalized spacial score (nSPS) is 13.7. The van der Waals surface area contributed by atoms with Gasteiger partial charge in [0.25, 0.3) is 0 Å². The molecule has 0 fully saturated rings. The number of ketones is 1. The van der Waals surface area contributed by atoms with Crippen LogP contribution in [-0.4, -0.2) is 39.7 Å². The van der Waals surface area contributed by atoms with Gasteiger partial charge in [-0.25, -0.2) is 4.79 Å². The van der Waals surface area contributed by atoms with Crippen molar-refractivity contribution < 1.29 is 33.3 Å². The number of benzene rings is 2. The van der Waals surface area contributed by atoms with Crippen LogP contribution in [0.5, 0.6) is 23.0 Å². The molecule has 0 aliphatic carbocycles. The SMILES string of the molecule is COC(=O)COc1cc(C)c2c(c1)O/C(=C\c1cc(OC)ccc1OC)C2=O. The number of ether oxygens (including phenoxy) is 5. The van der Waals surface area contributed by atoms with E-state index in [4.69, 9.17) is 18.9 Å². The number of hydrogen-bond acceptors (Lipinski definition) is 7. The third-order valence-corrected chi connectivity index (χ3v) is 4.25. The molecule has 146 valence electrons. The van der Waals surface area contributed by atoms with Crippen LogP contribution in [0.4, 0.5) is 0 Å². The van der Waals surface area contributed by atoms with E-state index in [0.717, 1.165) is 0 Å². The quantitative estimate of drug-likeness (QED) is 0.559. The predicted molar refractivity (Wildman–Crippen MR) is 101 cm³/mol. The molecule has 28 heavy (non-hydrogen) atoms. The van der Waals surface area contributed by atoms with Crippen LogP contribution in [-0.2, 0) is 9.53 Å². The van der Waals surface area contributed by atoms with Crippen molar-refractivity contribution in [3.63, 3.8) is 0 Å². The standard InChI is InChI=1S/C21H20O7/c1-12-7-15(27-11-19(22)26-4)10-17-20(12)21(23)18(28-17)9-13-8-14(24-2)5-6-16(13)25-3/h5-10H,11H2,1-4H3/b18-9-. The van der Waals surface area contributed by atoms with Crippen LogP contribution in [0.1, 0.15) is 21.5 Å². The summed E-state index contributed by atoms with van der Waals surface area (Å²) >= 11 is 0. The monoisotopic (exact) mass is 384 g/mol. The number of rotatable bonds is 6. The average Bonchev–Trinajstić information content (AvgIpc) is 3.01. The molecule has 0 unspecified atom stereocenters. The second-order valence-corrected chi connectivity index (χ2v) is 6.03. The lowest BCUT2D eigenvalue weighted by molar-refractivity contribution is -0.142. The summed E-state index contributed by atoms with van der Waals surface area (Å²) in [5.74, 6) is 1.42. The Labute approximate surface area is 162 Å². The Bertz CT molecular complexity index is 959. The number of methoxy groups -OCH3 is 3. The first-order valence-electron chi connectivity index (χ1n) is 8.47. The Morgan fingerprint density at radius 1 is 1.07 bits per heavy atom. The summed E-state index contributed by atoms with van der Waals surface area (Å²) in [6, 6.07) is 8.53. The second kappa shape index (κ2) is 8.04. The number of aryl methyl sites for hydroxylation is 1. The molecular formula is C21H20O7. The first-order chi connectivity index (χ1) is 13.5. The van der Waals surface area contributed by atoms with Gasteiger partial charge in [-0.3, -0.25) is 4.79 Å². The number of carbonyl (C=O) groups excluding carboxylic acids is 2. The summed E-state index contributed by atoms with van der Waals surface area (Å²) in [5, 5.41) is 0. The molecule has 3 rings (SSSR count). The van der Waals surface area contributed by atoms with Crippen LogP contribution in [0.3, 0.4) is 0 Å². The van der Waals surface area contributed by atoms with Gasteiger partial charge in [0.15, 0.2) is 12.4 Å². The van der Waals surface area contributed by atoms with Crippen molar-refractivity contribution in [2.45, 2.75) is 6.92 Å². The minimum atomic E-state index is -0.499. The average molecular weight is 384 g/mol. The van der Waals surface area contributed by atoms with Crippen LogP contribution in [0.15, 0.2) is 36.1 Å². The van der Waals surface area contributed by atoms with E-state index in [1.807, 2.05) is 0 Å². The fourth-order valence-electron chi connectivity index (χ4n) is 2.86. The van der Waals surface area contributed by atoms with Gasteiger partial charge < -0.3 is 23.7 Å². The van der Waals surface area contributed by atoms with Crippen molar-refractivity contribution in [2.75, 3.05) is 27.9 Å². The number of allylic oxidation sites excluding steroid dienone is 1. The number of carbonyl (C=O) groups is 2. The number of esters is 1. The highest BCUT2D eigenvalue weighted by Gasteiger charge is 2.30. The predicted octanol–water partition coefficient (Wildman–Crippen LogP) is 3.18. The van der Waals surface area contributed by atoms with Crippen LogP contribution in [0.2, 0.25) is 0 Å². The molecule has 1 heterocycles. The summed E-state index contributed by atoms with van der Waals surface area (Å²) in [5.41, 5.74) is 1.79. The molecule has 2 aromatic carbocycles. The van der Waals surface area contributed by atoms with Crippen LogP contribution >= 0.6 is 0 Å². The highest BCUT2D eigenvalue weighted by Crippen LogP contribution is 2.38. The lowest BCUT2D eigenvalue weighted by atomic mass is 10.0. The minimum Gasteiger partial charge on any atom is -0.497 e. The van der Waals surface area contributed by atoms with Gasteiger partial charge in [0.05, 0.1) is 26.9 Å². The molecule has 0 N–H and O–H groups in total. The zero-order valence-corrected chi connectivity index (χ0v) is 16.0. The van der Waals surface area contributed by atoms with Crippen molar-refractivity contribution in [1.29, 1.82) is 0 Å². The topological polar surface area (TPSA) is 80.3 Å². The fourth-order valence-corrected chi connectivity index (χ4v) is 2.86. The maximum Gasteiger partial charge on any atom is 0.343 e. The van der Waals surface area contributed by atoms with Gasteiger partial charge in [0.1, 0.15) is 23.0 Å². The van der Waals surface area contributed by atoms with Gasteiger partial charge in [-0.15, -0.1) is 0 Å². The fraction of sp³-hybridized carbons (Fsp3) is 0.238. The van der Waals surface area contributed by atoms with Crippen LogP contribution in [0, 0.1) is 6.92 Å². The summed E-state index contributed by atoms with van der Waals surface area (Å²) < 4.78 is 26.3. The molecule has 0 saturated carbocycles. The molecular weight excluding hydrogens is 364 g/mol. The smallest absolute Gasteiger partial charge is 0.343 e. The van der Waals surface area contributed by atoms with E-state index in [0.29, 0.717) is 39.7 Å². The zero-order chi connectivity index (χ0) is 20.3. The number of fused-ring (bicyclic) bond motifs is 1. The molecule has 0 bridgehead atoms. The highest BCUT2D eigenvalue weighted by atomic mass is 16.6. The van der Waals surface area contributed by atoms with Crippen LogP contribution < -0.4 is 18.9 Å². The van der Waals surface area contributed by atoms with Crippen LogP contribution in [0.25, 0.3) is 6.08 Å². The maximum atomic E-state index is 12.8. The van der Waals surface area contributed by atoms with Crippen molar-refractivity contribution in [3.8, 4) is 23.0 Å². The minimum absolute atomic E-state index is 0.162. The van der Waals surface area contributed by atoms with Crippen molar-refractivity contribution in [3.05, 3.63) is 52.8 Å². The molecule has 0 atom stereocenters. The Kier molecular flexibility index (Phi) is 5.54. The van der Waals surface area contributed by atoms with E-state index >= 15 is 0 Å². The van der Waals surface area contributed by atoms with Gasteiger partial charge in [-0.1, -0.05) is 0 Å². The molecule has 1 aliphatic rings. The summed E-state index contributed by atoms with van der Waals surface area (Å²) in [4.78, 5) is 24.1. The lowest BCUT2D eigenvalue weighted by Gasteiger charge is -2.08. The van der Waals surface area contributed by atoms with Crippen molar-refractivity contribution >= 4 is 17.8 Å². The van der Waals surface area contributed by atoms with E-state index in [2.05, 4.69) is 4.74 Å². The second-order valence-electron chi connectivity index (χ2n) is 6.03. The first kappa shape index (κ1) is 19.3. The Morgan fingerprint density at radius 3 is 2.54 bits per heavy atom. The summed E-state index contributed by atoms with van der Waals surface area (Å²) in [6.45, 7) is 1.55. The molecule has 2 aromatic rings. The van der Waals surface area contributed by atoms with E-state index in [1.165, 1.54) is 7.11 Å². The largest absolute Gasteiger partial charge is 0.497 e. The highest BCUT2D eigenvalue weighted by molar-refractivity contribution is 6.15. The number of Topliss-reactive ketones (excluding diaryl/α,β-unsaturated/α-hetero) is 1. The molecule has 0 amide bonds. The lowest BCUT2D eigenvalue weighted by Crippen LogP contribution is -2.12. The summed E-state index contributed by atoms with van der Waals surface area (Å²) in [7, 11) is 4.39. The molecule has 0 spiro atoms. The third kappa shape index (κ3) is 3.78. The Balaban J connectivity index is 1.92. The molecule has 0 radical (unpaired) electrons. The van der Waals surface area contributed by atoms with E-state index in [-0.39, 0.29) is 18.1 Å². The summed E-state index contributed by atoms with van der Waals surface area (Å²) in [6.07, 6.45) is 1.61. The van der Waals surface area contributed by atoms with Gasteiger partial charge in [0.2, 0.25) is 5.78 Å². The first-order valence-corrected chi connectivity index (χ1v) is 8.47. The molecule has 0 aromatic heterocycles. The van der Waals surface area contributed by atoms with E-state index in [9.17, 15) is 9.59 Å². The van der Waals surface area contributed by atoms with Gasteiger partial charge in [-0.2, -0.15) is 0 Å². The number of hydrogen-bond donors (Lipinski definition) is 0. The van der Waals surface area contributed by atoms with Gasteiger partial charge >= 0.3 is 5.97 Å². The third-order valence-electron chi connectivity index (χ3n) is 4.25. The Hall–Kier alpha value is -3.48. The van der Waals surface area contributed by atoms with E-state index in [1.54, 1.807) is 57.6 Å². The van der Waals surface area contributed by atoms with Gasteiger partial charge in [-0.05, 0) is 42.8 Å². The molecule has 7 nitrogen and oxygen atoms in total. The molecule has 0 saturated heterocycles. The zero-order valence-electron chi connectivity index (χ0n) is 16.0. The molecule has 1 aliphatic heterocycles. The van der Waals surface area contributed by atoms with Gasteiger partial charge in [0, 0.05) is 11.6 Å². The molecule has 7 heteroatoms. The maximum absolute atomic E-state index is 12.8. The Morgan fingerprint density at radius 2 is 1.86 bits per heavy atom.